The number of hydrogen-bond acceptors (Lipinski definition) is 3. The van der Waals surface area contributed by atoms with Crippen molar-refractivity contribution in [2.45, 2.75) is 32.4 Å². The summed E-state index contributed by atoms with van der Waals surface area (Å²) in [6, 6.07) is -1.58. The van der Waals surface area contributed by atoms with E-state index in [2.05, 4.69) is 10.6 Å². The molecule has 0 aromatic carbocycles. The summed E-state index contributed by atoms with van der Waals surface area (Å²) >= 11 is 0. The highest BCUT2D eigenvalue weighted by Gasteiger charge is 2.15. The number of nitrogens with one attached hydrogen (secondary N) is 2. The summed E-state index contributed by atoms with van der Waals surface area (Å²) < 4.78 is 10.8. The number of aliphatic carboxylic acids is 1. The van der Waals surface area contributed by atoms with Gasteiger partial charge in [0.1, 0.15) is 6.04 Å². The SMILES string of the molecule is CC(CCS(C)=O)NC(=O)NC(C)C(=O)O. The largest absolute Gasteiger partial charge is 0.480 e. The van der Waals surface area contributed by atoms with Gasteiger partial charge in [-0.15, -0.1) is 0 Å². The monoisotopic (exact) mass is 250 g/mol. The molecule has 0 aliphatic heterocycles. The van der Waals surface area contributed by atoms with Crippen LogP contribution in [0, 0.1) is 0 Å². The van der Waals surface area contributed by atoms with Gasteiger partial charge in [-0.3, -0.25) is 9.00 Å². The first-order valence-corrected chi connectivity index (χ1v) is 6.65. The number of carboxylic acids is 1. The zero-order chi connectivity index (χ0) is 12.7. The van der Waals surface area contributed by atoms with Crippen molar-refractivity contribution < 1.29 is 18.9 Å². The molecule has 0 saturated heterocycles. The van der Waals surface area contributed by atoms with E-state index in [9.17, 15) is 13.8 Å². The van der Waals surface area contributed by atoms with Crippen molar-refractivity contribution >= 4 is 22.8 Å². The lowest BCUT2D eigenvalue weighted by molar-refractivity contribution is -0.138. The van der Waals surface area contributed by atoms with Gasteiger partial charge in [0.05, 0.1) is 0 Å². The molecular weight excluding hydrogens is 232 g/mol. The second kappa shape index (κ2) is 7.21. The Bertz CT molecular complexity index is 283. The second-order valence-electron chi connectivity index (χ2n) is 3.64. The average molecular weight is 250 g/mol. The van der Waals surface area contributed by atoms with Crippen LogP contribution in [0.15, 0.2) is 0 Å². The van der Waals surface area contributed by atoms with Gasteiger partial charge < -0.3 is 15.7 Å². The van der Waals surface area contributed by atoms with Crippen molar-refractivity contribution in [2.75, 3.05) is 12.0 Å². The lowest BCUT2D eigenvalue weighted by Gasteiger charge is -2.15. The van der Waals surface area contributed by atoms with E-state index in [-0.39, 0.29) is 6.04 Å². The molecule has 3 atom stereocenters. The number of amides is 2. The molecule has 0 bridgehead atoms. The lowest BCUT2D eigenvalue weighted by Crippen LogP contribution is -2.47. The molecule has 3 N–H and O–H groups in total. The minimum absolute atomic E-state index is 0.134. The Kier molecular flexibility index (Phi) is 6.71. The highest BCUT2D eigenvalue weighted by atomic mass is 32.2. The Morgan fingerprint density at radius 1 is 1.31 bits per heavy atom. The molecule has 94 valence electrons. The molecule has 16 heavy (non-hydrogen) atoms. The Morgan fingerprint density at radius 3 is 2.31 bits per heavy atom. The summed E-state index contributed by atoms with van der Waals surface area (Å²) in [7, 11) is -0.885. The first kappa shape index (κ1) is 14.9. The number of carbonyl (C=O) groups excluding carboxylic acids is 1. The summed E-state index contributed by atoms with van der Waals surface area (Å²) in [5.74, 6) is -0.576. The standard InChI is InChI=1S/C9H18N2O4S/c1-6(4-5-16(3)15)10-9(14)11-7(2)8(12)13/h6-7H,4-5H2,1-3H3,(H,12,13)(H2,10,11,14). The number of urea groups is 1. The van der Waals surface area contributed by atoms with Crippen LogP contribution in [0.1, 0.15) is 20.3 Å². The van der Waals surface area contributed by atoms with Gasteiger partial charge in [-0.05, 0) is 20.3 Å². The van der Waals surface area contributed by atoms with Crippen LogP contribution in [0.2, 0.25) is 0 Å². The zero-order valence-electron chi connectivity index (χ0n) is 9.65. The van der Waals surface area contributed by atoms with Gasteiger partial charge in [0.25, 0.3) is 0 Å². The Hall–Kier alpha value is -1.11. The van der Waals surface area contributed by atoms with E-state index in [4.69, 9.17) is 5.11 Å². The van der Waals surface area contributed by atoms with E-state index in [0.29, 0.717) is 12.2 Å². The van der Waals surface area contributed by atoms with Gasteiger partial charge in [-0.25, -0.2) is 4.79 Å². The van der Waals surface area contributed by atoms with Crippen molar-refractivity contribution in [1.82, 2.24) is 10.6 Å². The molecule has 0 aromatic rings. The van der Waals surface area contributed by atoms with Gasteiger partial charge in [-0.1, -0.05) is 0 Å². The normalized spacial score (nSPS) is 15.9. The lowest BCUT2D eigenvalue weighted by atomic mass is 10.2. The molecule has 2 amide bonds. The quantitative estimate of drug-likeness (QED) is 0.614. The average Bonchev–Trinajstić information content (AvgIpc) is 2.14. The van der Waals surface area contributed by atoms with E-state index in [1.54, 1.807) is 13.2 Å². The van der Waals surface area contributed by atoms with Crippen molar-refractivity contribution in [3.05, 3.63) is 0 Å². The summed E-state index contributed by atoms with van der Waals surface area (Å²) in [4.78, 5) is 21.7. The first-order valence-electron chi connectivity index (χ1n) is 4.92. The summed E-state index contributed by atoms with van der Waals surface area (Å²) in [5, 5.41) is 13.4. The van der Waals surface area contributed by atoms with Gasteiger partial charge in [0, 0.05) is 28.9 Å². The molecular formula is C9H18N2O4S. The summed E-state index contributed by atoms with van der Waals surface area (Å²) in [5.41, 5.74) is 0. The number of hydrogen-bond donors (Lipinski definition) is 3. The van der Waals surface area contributed by atoms with E-state index in [0.717, 1.165) is 0 Å². The molecule has 0 radical (unpaired) electrons. The maximum Gasteiger partial charge on any atom is 0.325 e. The van der Waals surface area contributed by atoms with Gasteiger partial charge in [-0.2, -0.15) is 0 Å². The minimum atomic E-state index is -1.09. The molecule has 3 unspecified atom stereocenters. The molecule has 0 saturated carbocycles. The maximum atomic E-state index is 11.3. The third-order valence-electron chi connectivity index (χ3n) is 1.93. The number of rotatable bonds is 6. The van der Waals surface area contributed by atoms with Gasteiger partial charge in [0.2, 0.25) is 0 Å². The molecule has 0 rings (SSSR count). The highest BCUT2D eigenvalue weighted by Crippen LogP contribution is 1.92. The topological polar surface area (TPSA) is 95.5 Å². The third-order valence-corrected chi connectivity index (χ3v) is 2.74. The highest BCUT2D eigenvalue weighted by molar-refractivity contribution is 7.84. The van der Waals surface area contributed by atoms with Crippen LogP contribution in [0.25, 0.3) is 0 Å². The Labute approximate surface area is 97.3 Å². The third kappa shape index (κ3) is 7.22. The Balaban J connectivity index is 3.86. The van der Waals surface area contributed by atoms with Crippen LogP contribution >= 0.6 is 0 Å². The fourth-order valence-corrected chi connectivity index (χ4v) is 1.62. The van der Waals surface area contributed by atoms with Crippen LogP contribution in [-0.4, -0.2) is 45.4 Å². The van der Waals surface area contributed by atoms with Crippen molar-refractivity contribution in [3.8, 4) is 0 Å². The summed E-state index contributed by atoms with van der Waals surface area (Å²) in [6.07, 6.45) is 2.19. The minimum Gasteiger partial charge on any atom is -0.480 e. The van der Waals surface area contributed by atoms with Gasteiger partial charge >= 0.3 is 12.0 Å². The van der Waals surface area contributed by atoms with Crippen molar-refractivity contribution in [3.63, 3.8) is 0 Å². The summed E-state index contributed by atoms with van der Waals surface area (Å²) in [6.45, 7) is 3.16. The first-order chi connectivity index (χ1) is 7.32. The predicted octanol–water partition coefficient (Wildman–Crippen LogP) is -0.0842. The molecule has 0 aliphatic carbocycles. The molecule has 0 heterocycles. The van der Waals surface area contributed by atoms with Crippen LogP contribution in [0.3, 0.4) is 0 Å². The van der Waals surface area contributed by atoms with E-state index in [1.165, 1.54) is 6.92 Å². The van der Waals surface area contributed by atoms with Crippen LogP contribution in [0.4, 0.5) is 4.79 Å². The predicted molar refractivity (Wildman–Crippen MR) is 61.8 cm³/mol. The van der Waals surface area contributed by atoms with E-state index < -0.39 is 28.8 Å². The fraction of sp³-hybridized carbons (Fsp3) is 0.778. The number of carbonyl (C=O) groups is 2. The molecule has 0 spiro atoms. The fourth-order valence-electron chi connectivity index (χ4n) is 0.939. The zero-order valence-corrected chi connectivity index (χ0v) is 10.5. The molecule has 0 aliphatic rings. The van der Waals surface area contributed by atoms with Crippen LogP contribution < -0.4 is 10.6 Å². The maximum absolute atomic E-state index is 11.3. The van der Waals surface area contributed by atoms with Crippen molar-refractivity contribution in [2.24, 2.45) is 0 Å². The molecule has 7 heteroatoms. The molecule has 6 nitrogen and oxygen atoms in total. The molecule has 0 aromatic heterocycles. The molecule has 0 fully saturated rings. The van der Waals surface area contributed by atoms with E-state index in [1.807, 2.05) is 0 Å². The number of carboxylic acid groups (broad SMARTS) is 1. The Morgan fingerprint density at radius 2 is 1.88 bits per heavy atom. The van der Waals surface area contributed by atoms with Crippen molar-refractivity contribution in [1.29, 1.82) is 0 Å². The van der Waals surface area contributed by atoms with Crippen LogP contribution in [-0.2, 0) is 15.6 Å². The van der Waals surface area contributed by atoms with Gasteiger partial charge in [0.15, 0.2) is 0 Å². The smallest absolute Gasteiger partial charge is 0.325 e. The van der Waals surface area contributed by atoms with Crippen LogP contribution in [0.5, 0.6) is 0 Å². The van der Waals surface area contributed by atoms with E-state index >= 15 is 0 Å². The second-order valence-corrected chi connectivity index (χ2v) is 5.20.